The lowest BCUT2D eigenvalue weighted by molar-refractivity contribution is -0.124. The molecule has 0 aromatic heterocycles. The molecule has 0 bridgehead atoms. The average molecular weight is 276 g/mol. The topological polar surface area (TPSA) is 71.3 Å². The van der Waals surface area contributed by atoms with Gasteiger partial charge in [0.2, 0.25) is 0 Å². The molecule has 0 fully saturated rings. The third kappa shape index (κ3) is 5.29. The Labute approximate surface area is 119 Å². The van der Waals surface area contributed by atoms with E-state index in [1.165, 1.54) is 0 Å². The Morgan fingerprint density at radius 3 is 2.50 bits per heavy atom. The second-order valence-corrected chi connectivity index (χ2v) is 4.80. The third-order valence-corrected chi connectivity index (χ3v) is 2.85. The molecule has 1 N–H and O–H groups in total. The molecular formula is C15H20N2O3. The SMILES string of the molecule is COCC(NC(=O)COc1ccc(C#N)cc1)C(C)C. The summed E-state index contributed by atoms with van der Waals surface area (Å²) in [7, 11) is 1.61. The molecule has 5 heteroatoms. The Bertz CT molecular complexity index is 463. The fourth-order valence-electron chi connectivity index (χ4n) is 1.60. The van der Waals surface area contributed by atoms with E-state index in [0.29, 0.717) is 17.9 Å². The van der Waals surface area contributed by atoms with Crippen LogP contribution in [-0.4, -0.2) is 32.3 Å². The van der Waals surface area contributed by atoms with E-state index in [1.54, 1.807) is 31.4 Å². The number of carbonyl (C=O) groups excluding carboxylic acids is 1. The van der Waals surface area contributed by atoms with Crippen molar-refractivity contribution in [2.24, 2.45) is 5.92 Å². The van der Waals surface area contributed by atoms with Gasteiger partial charge in [0, 0.05) is 7.11 Å². The van der Waals surface area contributed by atoms with Gasteiger partial charge in [-0.05, 0) is 30.2 Å². The molecule has 20 heavy (non-hydrogen) atoms. The normalized spacial score (nSPS) is 11.8. The Hall–Kier alpha value is -2.06. The predicted molar refractivity (Wildman–Crippen MR) is 75.3 cm³/mol. The number of methoxy groups -OCH3 is 1. The number of hydrogen-bond donors (Lipinski definition) is 1. The van der Waals surface area contributed by atoms with E-state index in [4.69, 9.17) is 14.7 Å². The molecule has 0 radical (unpaired) electrons. The second kappa shape index (κ2) is 8.18. The molecule has 0 heterocycles. The Morgan fingerprint density at radius 1 is 1.35 bits per heavy atom. The summed E-state index contributed by atoms with van der Waals surface area (Å²) in [5.74, 6) is 0.658. The van der Waals surface area contributed by atoms with Crippen molar-refractivity contribution in [1.82, 2.24) is 5.32 Å². The maximum atomic E-state index is 11.8. The minimum atomic E-state index is -0.190. The molecule has 0 aliphatic rings. The van der Waals surface area contributed by atoms with E-state index in [-0.39, 0.29) is 24.5 Å². The smallest absolute Gasteiger partial charge is 0.258 e. The number of ether oxygens (including phenoxy) is 2. The van der Waals surface area contributed by atoms with Crippen molar-refractivity contribution in [3.8, 4) is 11.8 Å². The van der Waals surface area contributed by atoms with E-state index in [9.17, 15) is 4.79 Å². The van der Waals surface area contributed by atoms with Crippen molar-refractivity contribution in [3.05, 3.63) is 29.8 Å². The number of nitrogens with one attached hydrogen (secondary N) is 1. The van der Waals surface area contributed by atoms with Gasteiger partial charge in [0.25, 0.3) is 5.91 Å². The molecule has 1 atom stereocenters. The number of nitrogens with zero attached hydrogens (tertiary/aromatic N) is 1. The highest BCUT2D eigenvalue weighted by atomic mass is 16.5. The number of benzene rings is 1. The average Bonchev–Trinajstić information content (AvgIpc) is 2.45. The largest absolute Gasteiger partial charge is 0.484 e. The fourth-order valence-corrected chi connectivity index (χ4v) is 1.60. The van der Waals surface area contributed by atoms with Crippen molar-refractivity contribution < 1.29 is 14.3 Å². The van der Waals surface area contributed by atoms with Gasteiger partial charge < -0.3 is 14.8 Å². The van der Waals surface area contributed by atoms with Crippen molar-refractivity contribution in [3.63, 3.8) is 0 Å². The van der Waals surface area contributed by atoms with Gasteiger partial charge in [0.15, 0.2) is 6.61 Å². The summed E-state index contributed by atoms with van der Waals surface area (Å²) in [5, 5.41) is 11.6. The summed E-state index contributed by atoms with van der Waals surface area (Å²) in [4.78, 5) is 11.8. The van der Waals surface area contributed by atoms with Gasteiger partial charge in [-0.25, -0.2) is 0 Å². The quantitative estimate of drug-likeness (QED) is 0.823. The summed E-state index contributed by atoms with van der Waals surface area (Å²) in [6, 6.07) is 8.62. The van der Waals surface area contributed by atoms with Crippen LogP contribution in [-0.2, 0) is 9.53 Å². The van der Waals surface area contributed by atoms with E-state index in [2.05, 4.69) is 5.32 Å². The highest BCUT2D eigenvalue weighted by Gasteiger charge is 2.16. The molecule has 1 aromatic rings. The maximum Gasteiger partial charge on any atom is 0.258 e. The number of rotatable bonds is 7. The lowest BCUT2D eigenvalue weighted by Gasteiger charge is -2.21. The van der Waals surface area contributed by atoms with Crippen LogP contribution < -0.4 is 10.1 Å². The first kappa shape index (κ1) is 16.0. The zero-order valence-electron chi connectivity index (χ0n) is 12.1. The van der Waals surface area contributed by atoms with Crippen molar-refractivity contribution >= 4 is 5.91 Å². The lowest BCUT2D eigenvalue weighted by atomic mass is 10.1. The zero-order valence-corrected chi connectivity index (χ0v) is 12.1. The standard InChI is InChI=1S/C15H20N2O3/c1-11(2)14(9-19-3)17-15(18)10-20-13-6-4-12(8-16)5-7-13/h4-7,11,14H,9-10H2,1-3H3,(H,17,18). The van der Waals surface area contributed by atoms with Crippen LogP contribution in [0.25, 0.3) is 0 Å². The molecule has 0 spiro atoms. The molecule has 1 aromatic carbocycles. The van der Waals surface area contributed by atoms with Gasteiger partial charge in [0.1, 0.15) is 5.75 Å². The Morgan fingerprint density at radius 2 is 2.00 bits per heavy atom. The minimum Gasteiger partial charge on any atom is -0.484 e. The van der Waals surface area contributed by atoms with E-state index in [1.807, 2.05) is 19.9 Å². The van der Waals surface area contributed by atoms with Crippen LogP contribution in [0, 0.1) is 17.2 Å². The van der Waals surface area contributed by atoms with Crippen LogP contribution in [0.5, 0.6) is 5.75 Å². The summed E-state index contributed by atoms with van der Waals surface area (Å²) in [5.41, 5.74) is 0.557. The molecule has 108 valence electrons. The van der Waals surface area contributed by atoms with Crippen LogP contribution >= 0.6 is 0 Å². The summed E-state index contributed by atoms with van der Waals surface area (Å²) in [6.45, 7) is 4.45. The molecule has 0 saturated heterocycles. The van der Waals surface area contributed by atoms with Crippen LogP contribution in [0.15, 0.2) is 24.3 Å². The zero-order chi connectivity index (χ0) is 15.0. The van der Waals surface area contributed by atoms with Gasteiger partial charge in [-0.1, -0.05) is 13.8 Å². The monoisotopic (exact) mass is 276 g/mol. The van der Waals surface area contributed by atoms with Crippen LogP contribution in [0.1, 0.15) is 19.4 Å². The van der Waals surface area contributed by atoms with E-state index >= 15 is 0 Å². The summed E-state index contributed by atoms with van der Waals surface area (Å²) in [6.07, 6.45) is 0. The Balaban J connectivity index is 2.44. The molecule has 0 aliphatic carbocycles. The third-order valence-electron chi connectivity index (χ3n) is 2.85. The van der Waals surface area contributed by atoms with Crippen LogP contribution in [0.3, 0.4) is 0 Å². The number of amides is 1. The molecule has 0 aliphatic heterocycles. The van der Waals surface area contributed by atoms with Gasteiger partial charge >= 0.3 is 0 Å². The van der Waals surface area contributed by atoms with Crippen molar-refractivity contribution in [2.45, 2.75) is 19.9 Å². The number of hydrogen-bond acceptors (Lipinski definition) is 4. The molecule has 5 nitrogen and oxygen atoms in total. The molecule has 0 saturated carbocycles. The van der Waals surface area contributed by atoms with Gasteiger partial charge in [-0.15, -0.1) is 0 Å². The predicted octanol–water partition coefficient (Wildman–Crippen LogP) is 1.72. The second-order valence-electron chi connectivity index (χ2n) is 4.80. The Kier molecular flexibility index (Phi) is 6.54. The highest BCUT2D eigenvalue weighted by molar-refractivity contribution is 5.77. The molecule has 1 amide bonds. The van der Waals surface area contributed by atoms with Gasteiger partial charge in [-0.3, -0.25) is 4.79 Å². The fraction of sp³-hybridized carbons (Fsp3) is 0.467. The van der Waals surface area contributed by atoms with E-state index in [0.717, 1.165) is 0 Å². The first-order chi connectivity index (χ1) is 9.56. The summed E-state index contributed by atoms with van der Waals surface area (Å²) < 4.78 is 10.4. The maximum absolute atomic E-state index is 11.8. The molecule has 1 unspecified atom stereocenters. The van der Waals surface area contributed by atoms with Gasteiger partial charge in [-0.2, -0.15) is 5.26 Å². The first-order valence-electron chi connectivity index (χ1n) is 6.48. The first-order valence-corrected chi connectivity index (χ1v) is 6.48. The van der Waals surface area contributed by atoms with Crippen LogP contribution in [0.2, 0.25) is 0 Å². The molecule has 1 rings (SSSR count). The molecular weight excluding hydrogens is 256 g/mol. The summed E-state index contributed by atoms with van der Waals surface area (Å²) >= 11 is 0. The van der Waals surface area contributed by atoms with Gasteiger partial charge in [0.05, 0.1) is 24.3 Å². The van der Waals surface area contributed by atoms with Crippen molar-refractivity contribution in [2.75, 3.05) is 20.3 Å². The van der Waals surface area contributed by atoms with E-state index < -0.39 is 0 Å². The van der Waals surface area contributed by atoms with Crippen molar-refractivity contribution in [1.29, 1.82) is 5.26 Å². The number of nitriles is 1. The number of carbonyl (C=O) groups is 1. The minimum absolute atomic E-state index is 0.0305. The highest BCUT2D eigenvalue weighted by Crippen LogP contribution is 2.11. The van der Waals surface area contributed by atoms with Crippen LogP contribution in [0.4, 0.5) is 0 Å². The lowest BCUT2D eigenvalue weighted by Crippen LogP contribution is -2.43.